The van der Waals surface area contributed by atoms with Crippen LogP contribution in [0.5, 0.6) is 0 Å². The number of nitrogens with one attached hydrogen (secondary N) is 1. The van der Waals surface area contributed by atoms with Crippen molar-refractivity contribution in [3.63, 3.8) is 0 Å². The van der Waals surface area contributed by atoms with E-state index >= 15 is 0 Å². The van der Waals surface area contributed by atoms with Gasteiger partial charge in [-0.15, -0.1) is 0 Å². The maximum atomic E-state index is 12.1. The highest BCUT2D eigenvalue weighted by Gasteiger charge is 2.16. The van der Waals surface area contributed by atoms with Crippen molar-refractivity contribution in [1.82, 2.24) is 9.29 Å². The van der Waals surface area contributed by atoms with Crippen LogP contribution in [-0.2, 0) is 21.8 Å². The van der Waals surface area contributed by atoms with Crippen LogP contribution in [0.1, 0.15) is 12.8 Å². The summed E-state index contributed by atoms with van der Waals surface area (Å²) in [5, 5.41) is 0. The predicted octanol–water partition coefficient (Wildman–Crippen LogP) is 0.836. The van der Waals surface area contributed by atoms with Crippen LogP contribution in [0.25, 0.3) is 11.1 Å². The summed E-state index contributed by atoms with van der Waals surface area (Å²) in [5.41, 5.74) is 0.809. The summed E-state index contributed by atoms with van der Waals surface area (Å²) in [5.74, 6) is -0.521. The molecule has 0 atom stereocenters. The molecule has 21 heavy (non-hydrogen) atoms. The average molecular weight is 314 g/mol. The molecule has 0 saturated heterocycles. The molecule has 0 aliphatic heterocycles. The molecule has 8 heteroatoms. The fourth-order valence-corrected chi connectivity index (χ4v) is 3.03. The van der Waals surface area contributed by atoms with Gasteiger partial charge >= 0.3 is 5.76 Å². The molecule has 2 aromatic rings. The number of unbranched alkanes of at least 4 members (excludes halogenated alkanes) is 1. The van der Waals surface area contributed by atoms with Crippen LogP contribution in [0, 0.1) is 0 Å². The normalized spacial score (nSPS) is 12.1. The molecule has 0 saturated carbocycles. The molecule has 0 bridgehead atoms. The summed E-state index contributed by atoms with van der Waals surface area (Å²) in [6.45, 7) is 0.936. The first-order valence-electron chi connectivity index (χ1n) is 6.54. The van der Waals surface area contributed by atoms with Gasteiger partial charge in [-0.3, -0.25) is 4.57 Å². The van der Waals surface area contributed by atoms with Crippen LogP contribution in [0.15, 0.2) is 32.3 Å². The number of nitrogens with zero attached hydrogens (tertiary/aromatic N) is 1. The third-order valence-corrected chi connectivity index (χ3v) is 4.60. The number of benzene rings is 1. The summed E-state index contributed by atoms with van der Waals surface area (Å²) in [6, 6.07) is 4.36. The van der Waals surface area contributed by atoms with Crippen molar-refractivity contribution in [2.75, 3.05) is 20.3 Å². The lowest BCUT2D eigenvalue weighted by atomic mass is 10.3. The third-order valence-electron chi connectivity index (χ3n) is 3.14. The van der Waals surface area contributed by atoms with E-state index in [-0.39, 0.29) is 10.5 Å². The fraction of sp³-hybridized carbons (Fsp3) is 0.462. The molecule has 0 radical (unpaired) electrons. The number of hydrogen-bond acceptors (Lipinski definition) is 5. The molecule has 1 aromatic carbocycles. The number of sulfonamides is 1. The maximum absolute atomic E-state index is 12.1. The van der Waals surface area contributed by atoms with Crippen LogP contribution in [-0.4, -0.2) is 33.2 Å². The Kier molecular flexibility index (Phi) is 4.81. The standard InChI is InChI=1S/C13H18N2O5S/c1-15-11-6-5-10(9-12(11)20-13(15)16)21(17,18)14-7-3-4-8-19-2/h5-6,9,14H,3-4,7-8H2,1-2H3. The Bertz CT molecular complexity index is 775. The molecule has 1 N–H and O–H groups in total. The molecular weight excluding hydrogens is 296 g/mol. The van der Waals surface area contributed by atoms with Gasteiger partial charge in [0.25, 0.3) is 0 Å². The zero-order valence-corrected chi connectivity index (χ0v) is 12.8. The van der Waals surface area contributed by atoms with Crippen molar-refractivity contribution in [1.29, 1.82) is 0 Å². The van der Waals surface area contributed by atoms with Gasteiger partial charge in [0.15, 0.2) is 5.58 Å². The topological polar surface area (TPSA) is 90.5 Å². The van der Waals surface area contributed by atoms with E-state index in [1.54, 1.807) is 20.2 Å². The van der Waals surface area contributed by atoms with Gasteiger partial charge < -0.3 is 9.15 Å². The summed E-state index contributed by atoms with van der Waals surface area (Å²) in [7, 11) is -0.435. The van der Waals surface area contributed by atoms with Crippen molar-refractivity contribution in [2.24, 2.45) is 7.05 Å². The van der Waals surface area contributed by atoms with Crippen molar-refractivity contribution in [3.8, 4) is 0 Å². The zero-order valence-electron chi connectivity index (χ0n) is 12.0. The summed E-state index contributed by atoms with van der Waals surface area (Å²) < 4.78 is 38.0. The smallest absolute Gasteiger partial charge is 0.408 e. The molecule has 0 aliphatic carbocycles. The lowest BCUT2D eigenvalue weighted by molar-refractivity contribution is 0.193. The number of hydrogen-bond donors (Lipinski definition) is 1. The molecule has 1 aromatic heterocycles. The van der Waals surface area contributed by atoms with E-state index in [9.17, 15) is 13.2 Å². The Hall–Kier alpha value is -1.64. The van der Waals surface area contributed by atoms with Gasteiger partial charge in [-0.2, -0.15) is 0 Å². The van der Waals surface area contributed by atoms with Gasteiger partial charge in [0.1, 0.15) is 0 Å². The summed E-state index contributed by atoms with van der Waals surface area (Å²) in [4.78, 5) is 11.5. The first-order valence-corrected chi connectivity index (χ1v) is 8.02. The minimum atomic E-state index is -3.60. The van der Waals surface area contributed by atoms with Crippen LogP contribution < -0.4 is 10.5 Å². The minimum absolute atomic E-state index is 0.0797. The molecule has 7 nitrogen and oxygen atoms in total. The van der Waals surface area contributed by atoms with Gasteiger partial charge in [0, 0.05) is 33.4 Å². The fourth-order valence-electron chi connectivity index (χ4n) is 1.94. The summed E-state index contributed by atoms with van der Waals surface area (Å²) >= 11 is 0. The van der Waals surface area contributed by atoms with E-state index in [0.29, 0.717) is 25.1 Å². The van der Waals surface area contributed by atoms with Crippen LogP contribution in [0.3, 0.4) is 0 Å². The number of fused-ring (bicyclic) bond motifs is 1. The number of ether oxygens (including phenoxy) is 1. The second-order valence-electron chi connectivity index (χ2n) is 4.65. The van der Waals surface area contributed by atoms with Crippen LogP contribution in [0.4, 0.5) is 0 Å². The minimum Gasteiger partial charge on any atom is -0.408 e. The molecule has 0 amide bonds. The first kappa shape index (κ1) is 15.7. The van der Waals surface area contributed by atoms with Gasteiger partial charge in [0.2, 0.25) is 10.0 Å². The van der Waals surface area contributed by atoms with Gasteiger partial charge in [0.05, 0.1) is 10.4 Å². The Morgan fingerprint density at radius 2 is 2.10 bits per heavy atom. The number of aromatic nitrogens is 1. The lowest BCUT2D eigenvalue weighted by Crippen LogP contribution is -2.25. The monoisotopic (exact) mass is 314 g/mol. The van der Waals surface area contributed by atoms with Gasteiger partial charge in [-0.05, 0) is 25.0 Å². The first-order chi connectivity index (χ1) is 9.95. The number of oxazole rings is 1. The Balaban J connectivity index is 2.14. The summed E-state index contributed by atoms with van der Waals surface area (Å²) in [6.07, 6.45) is 1.47. The van der Waals surface area contributed by atoms with Crippen molar-refractivity contribution < 1.29 is 17.6 Å². The Morgan fingerprint density at radius 1 is 1.33 bits per heavy atom. The van der Waals surface area contributed by atoms with Gasteiger partial charge in [-0.1, -0.05) is 0 Å². The van der Waals surface area contributed by atoms with E-state index in [4.69, 9.17) is 9.15 Å². The molecule has 0 fully saturated rings. The molecule has 0 aliphatic rings. The molecule has 1 heterocycles. The number of methoxy groups -OCH3 is 1. The second-order valence-corrected chi connectivity index (χ2v) is 6.42. The van der Waals surface area contributed by atoms with E-state index in [0.717, 1.165) is 6.42 Å². The number of aryl methyl sites for hydroxylation is 1. The van der Waals surface area contributed by atoms with Crippen LogP contribution in [0.2, 0.25) is 0 Å². The van der Waals surface area contributed by atoms with E-state index in [1.165, 1.54) is 16.7 Å². The van der Waals surface area contributed by atoms with E-state index in [2.05, 4.69) is 4.72 Å². The molecule has 0 spiro atoms. The van der Waals surface area contributed by atoms with E-state index in [1.807, 2.05) is 0 Å². The zero-order chi connectivity index (χ0) is 15.5. The Morgan fingerprint density at radius 3 is 2.81 bits per heavy atom. The third kappa shape index (κ3) is 3.52. The molecular formula is C13H18N2O5S. The highest BCUT2D eigenvalue weighted by Crippen LogP contribution is 2.17. The quantitative estimate of drug-likeness (QED) is 0.765. The van der Waals surface area contributed by atoms with Crippen molar-refractivity contribution in [3.05, 3.63) is 28.7 Å². The second kappa shape index (κ2) is 6.42. The molecule has 116 valence electrons. The highest BCUT2D eigenvalue weighted by molar-refractivity contribution is 7.89. The SMILES string of the molecule is COCCCCNS(=O)(=O)c1ccc2c(c1)oc(=O)n2C. The maximum Gasteiger partial charge on any atom is 0.419 e. The largest absolute Gasteiger partial charge is 0.419 e. The van der Waals surface area contributed by atoms with Crippen molar-refractivity contribution >= 4 is 21.1 Å². The Labute approximate surface area is 122 Å². The van der Waals surface area contributed by atoms with Crippen LogP contribution >= 0.6 is 0 Å². The van der Waals surface area contributed by atoms with Gasteiger partial charge in [-0.25, -0.2) is 17.9 Å². The predicted molar refractivity (Wildman–Crippen MR) is 77.8 cm³/mol. The number of rotatable bonds is 7. The van der Waals surface area contributed by atoms with Crippen molar-refractivity contribution in [2.45, 2.75) is 17.7 Å². The lowest BCUT2D eigenvalue weighted by Gasteiger charge is -2.06. The average Bonchev–Trinajstić information content (AvgIpc) is 2.73. The molecule has 2 rings (SSSR count). The molecule has 0 unspecified atom stereocenters. The highest BCUT2D eigenvalue weighted by atomic mass is 32.2. The van der Waals surface area contributed by atoms with E-state index < -0.39 is 15.8 Å².